The molecule has 9 nitrogen and oxygen atoms in total. The second-order valence-corrected chi connectivity index (χ2v) is 8.03. The fourth-order valence-electron chi connectivity index (χ4n) is 3.17. The van der Waals surface area contributed by atoms with Gasteiger partial charge in [0.15, 0.2) is 33.6 Å². The van der Waals surface area contributed by atoms with Crippen LogP contribution in [0.2, 0.25) is 0 Å². The molecule has 0 saturated heterocycles. The summed E-state index contributed by atoms with van der Waals surface area (Å²) in [5.41, 5.74) is 7.74. The van der Waals surface area contributed by atoms with Crippen molar-refractivity contribution in [1.29, 1.82) is 0 Å². The van der Waals surface area contributed by atoms with Crippen LogP contribution in [0.15, 0.2) is 28.5 Å². The molecule has 152 valence electrons. The van der Waals surface area contributed by atoms with E-state index in [0.717, 1.165) is 17.7 Å². The fourth-order valence-corrected chi connectivity index (χ4v) is 4.19. The lowest BCUT2D eigenvalue weighted by Gasteiger charge is -2.10. The Labute approximate surface area is 176 Å². The minimum absolute atomic E-state index is 0.00437. The van der Waals surface area contributed by atoms with Crippen LogP contribution in [0.3, 0.4) is 0 Å². The van der Waals surface area contributed by atoms with Crippen molar-refractivity contribution in [2.24, 2.45) is 0 Å². The van der Waals surface area contributed by atoms with Gasteiger partial charge in [0.25, 0.3) is 0 Å². The number of anilines is 1. The molecule has 30 heavy (non-hydrogen) atoms. The third-order valence-electron chi connectivity index (χ3n) is 4.86. The van der Waals surface area contributed by atoms with Gasteiger partial charge in [-0.15, -0.1) is 6.42 Å². The first-order valence-electron chi connectivity index (χ1n) is 9.46. The van der Waals surface area contributed by atoms with Gasteiger partial charge in [-0.25, -0.2) is 15.0 Å². The zero-order valence-electron chi connectivity index (χ0n) is 15.9. The van der Waals surface area contributed by atoms with Crippen molar-refractivity contribution >= 4 is 34.7 Å². The lowest BCUT2D eigenvalue weighted by molar-refractivity contribution is -0.121. The average molecular weight is 422 g/mol. The van der Waals surface area contributed by atoms with Gasteiger partial charge in [-0.1, -0.05) is 17.7 Å². The number of nitrogen functional groups attached to an aromatic ring is 1. The number of aromatic nitrogens is 4. The molecule has 0 bridgehead atoms. The summed E-state index contributed by atoms with van der Waals surface area (Å²) < 4.78 is 12.8. The molecule has 1 aromatic carbocycles. The van der Waals surface area contributed by atoms with Gasteiger partial charge < -0.3 is 25.1 Å². The molecule has 0 unspecified atom stereocenters. The van der Waals surface area contributed by atoms with E-state index in [0.29, 0.717) is 52.4 Å². The number of terminal acetylenes is 1. The number of fused-ring (bicyclic) bond motifs is 2. The normalized spacial score (nSPS) is 14.6. The molecule has 1 aliphatic heterocycles. The summed E-state index contributed by atoms with van der Waals surface area (Å²) in [7, 11) is 0. The second kappa shape index (κ2) is 7.42. The molecular formula is C20H18N6O3S. The SMILES string of the molecule is C#Cc1cc2c(cc1Sc1nc3c(N)ncnc3n1CCC(=O)NC1CC1)OCO2. The van der Waals surface area contributed by atoms with Crippen LogP contribution in [0, 0.1) is 12.3 Å². The summed E-state index contributed by atoms with van der Waals surface area (Å²) in [6, 6.07) is 3.92. The molecule has 5 rings (SSSR count). The summed E-state index contributed by atoms with van der Waals surface area (Å²) in [5, 5.41) is 3.61. The third kappa shape index (κ3) is 3.48. The smallest absolute Gasteiger partial charge is 0.231 e. The maximum Gasteiger partial charge on any atom is 0.231 e. The van der Waals surface area contributed by atoms with E-state index in [9.17, 15) is 4.79 Å². The molecule has 2 aliphatic rings. The number of nitrogens with two attached hydrogens (primary N) is 1. The van der Waals surface area contributed by atoms with Gasteiger partial charge in [0, 0.05) is 35.5 Å². The van der Waals surface area contributed by atoms with E-state index < -0.39 is 0 Å². The highest BCUT2D eigenvalue weighted by Gasteiger charge is 2.24. The van der Waals surface area contributed by atoms with Crippen molar-refractivity contribution in [3.05, 3.63) is 24.0 Å². The molecule has 1 aliphatic carbocycles. The molecule has 0 radical (unpaired) electrons. The van der Waals surface area contributed by atoms with Crippen LogP contribution in [0.25, 0.3) is 11.2 Å². The Bertz CT molecular complexity index is 1200. The van der Waals surface area contributed by atoms with E-state index in [4.69, 9.17) is 21.6 Å². The van der Waals surface area contributed by atoms with E-state index in [-0.39, 0.29) is 18.5 Å². The summed E-state index contributed by atoms with van der Waals surface area (Å²) in [6.07, 6.45) is 9.49. The van der Waals surface area contributed by atoms with Crippen LogP contribution in [0.1, 0.15) is 24.8 Å². The standard InChI is InChI=1S/C20H18N6O3S/c1-2-11-7-13-14(29-10-28-13)8-15(11)30-20-25-17-18(21)22-9-23-19(17)26(20)6-5-16(27)24-12-3-4-12/h1,7-9,12H,3-6,10H2,(H,24,27)(H2,21,22,23). The number of imidazole rings is 1. The summed E-state index contributed by atoms with van der Waals surface area (Å²) in [4.78, 5) is 26.0. The number of carbonyl (C=O) groups is 1. The summed E-state index contributed by atoms with van der Waals surface area (Å²) in [5.74, 6) is 4.21. The zero-order valence-corrected chi connectivity index (χ0v) is 16.7. The van der Waals surface area contributed by atoms with E-state index in [1.807, 2.05) is 10.6 Å². The van der Waals surface area contributed by atoms with Crippen LogP contribution in [-0.2, 0) is 11.3 Å². The van der Waals surface area contributed by atoms with E-state index >= 15 is 0 Å². The predicted octanol–water partition coefficient (Wildman–Crippen LogP) is 1.94. The Kier molecular flexibility index (Phi) is 4.59. The van der Waals surface area contributed by atoms with Gasteiger partial charge in [0.1, 0.15) is 6.33 Å². The number of nitrogens with one attached hydrogen (secondary N) is 1. The van der Waals surface area contributed by atoms with Gasteiger partial charge in [-0.3, -0.25) is 4.79 Å². The molecular weight excluding hydrogens is 404 g/mol. The van der Waals surface area contributed by atoms with Crippen molar-refractivity contribution in [1.82, 2.24) is 24.8 Å². The second-order valence-electron chi connectivity index (χ2n) is 7.02. The topological polar surface area (TPSA) is 117 Å². The lowest BCUT2D eigenvalue weighted by atomic mass is 10.2. The number of benzene rings is 1. The highest BCUT2D eigenvalue weighted by atomic mass is 32.2. The van der Waals surface area contributed by atoms with Crippen molar-refractivity contribution in [3.8, 4) is 23.8 Å². The number of ether oxygens (including phenoxy) is 2. The molecule has 3 heterocycles. The quantitative estimate of drug-likeness (QED) is 0.579. The van der Waals surface area contributed by atoms with Crippen LogP contribution < -0.4 is 20.5 Å². The largest absolute Gasteiger partial charge is 0.454 e. The van der Waals surface area contributed by atoms with Gasteiger partial charge in [0.2, 0.25) is 12.7 Å². The Morgan fingerprint density at radius 3 is 2.90 bits per heavy atom. The van der Waals surface area contributed by atoms with E-state index in [1.54, 1.807) is 6.07 Å². The van der Waals surface area contributed by atoms with Gasteiger partial charge in [-0.2, -0.15) is 0 Å². The van der Waals surface area contributed by atoms with E-state index in [2.05, 4.69) is 26.2 Å². The average Bonchev–Trinajstić information content (AvgIpc) is 3.30. The number of hydrogen-bond donors (Lipinski definition) is 2. The Morgan fingerprint density at radius 2 is 2.13 bits per heavy atom. The maximum absolute atomic E-state index is 12.2. The van der Waals surface area contributed by atoms with Crippen molar-refractivity contribution in [2.75, 3.05) is 12.5 Å². The van der Waals surface area contributed by atoms with Crippen LogP contribution in [0.5, 0.6) is 11.5 Å². The number of rotatable bonds is 6. The lowest BCUT2D eigenvalue weighted by Crippen LogP contribution is -2.26. The summed E-state index contributed by atoms with van der Waals surface area (Å²) in [6.45, 7) is 0.567. The first-order chi connectivity index (χ1) is 14.6. The Hall–Kier alpha value is -3.45. The van der Waals surface area contributed by atoms with Crippen molar-refractivity contribution in [2.45, 2.75) is 41.9 Å². The van der Waals surface area contributed by atoms with Crippen molar-refractivity contribution < 1.29 is 14.3 Å². The maximum atomic E-state index is 12.2. The van der Waals surface area contributed by atoms with Gasteiger partial charge in [0.05, 0.1) is 0 Å². The molecule has 3 aromatic rings. The van der Waals surface area contributed by atoms with Crippen molar-refractivity contribution in [3.63, 3.8) is 0 Å². The zero-order chi connectivity index (χ0) is 20.7. The monoisotopic (exact) mass is 422 g/mol. The molecule has 2 aromatic heterocycles. The molecule has 3 N–H and O–H groups in total. The number of nitrogens with zero attached hydrogens (tertiary/aromatic N) is 4. The Balaban J connectivity index is 1.50. The minimum Gasteiger partial charge on any atom is -0.454 e. The molecule has 1 amide bonds. The van der Waals surface area contributed by atoms with Crippen LogP contribution in [0.4, 0.5) is 5.82 Å². The number of hydrogen-bond acceptors (Lipinski definition) is 8. The van der Waals surface area contributed by atoms with Crippen LogP contribution in [-0.4, -0.2) is 38.3 Å². The fraction of sp³-hybridized carbons (Fsp3) is 0.300. The summed E-state index contributed by atoms with van der Waals surface area (Å²) >= 11 is 1.36. The van der Waals surface area contributed by atoms with Crippen LogP contribution >= 0.6 is 11.8 Å². The van der Waals surface area contributed by atoms with E-state index in [1.165, 1.54) is 18.1 Å². The van der Waals surface area contributed by atoms with Gasteiger partial charge in [-0.05, 0) is 18.9 Å². The first kappa shape index (κ1) is 18.6. The minimum atomic E-state index is 0.00437. The molecule has 1 fully saturated rings. The van der Waals surface area contributed by atoms with Gasteiger partial charge >= 0.3 is 0 Å². The first-order valence-corrected chi connectivity index (χ1v) is 10.3. The number of amides is 1. The molecule has 0 spiro atoms. The number of carbonyl (C=O) groups excluding carboxylic acids is 1. The highest BCUT2D eigenvalue weighted by Crippen LogP contribution is 2.41. The molecule has 0 atom stereocenters. The number of aryl methyl sites for hydroxylation is 1. The Morgan fingerprint density at radius 1 is 1.33 bits per heavy atom. The molecule has 10 heteroatoms. The third-order valence-corrected chi connectivity index (χ3v) is 5.91. The molecule has 1 saturated carbocycles. The predicted molar refractivity (Wildman–Crippen MR) is 110 cm³/mol. The highest BCUT2D eigenvalue weighted by molar-refractivity contribution is 7.99.